The fraction of sp³-hybridized carbons (Fsp3) is 0.571. The predicted molar refractivity (Wildman–Crippen MR) is 70.2 cm³/mol. The largest absolute Gasteiger partial charge is 0.271 e. The van der Waals surface area contributed by atoms with Crippen LogP contribution in [0.3, 0.4) is 0 Å². The topological polar surface area (TPSA) is 38.0 Å². The second kappa shape index (κ2) is 6.02. The fourth-order valence-electron chi connectivity index (χ4n) is 1.99. The number of hydrogen-bond acceptors (Lipinski definition) is 2. The van der Waals surface area contributed by atoms with Gasteiger partial charge in [0.25, 0.3) is 0 Å². The van der Waals surface area contributed by atoms with Crippen LogP contribution in [0.1, 0.15) is 37.0 Å². The average Bonchev–Trinajstić information content (AvgIpc) is 2.22. The van der Waals surface area contributed by atoms with E-state index in [1.54, 1.807) is 0 Å². The molecule has 3 N–H and O–H groups in total. The Morgan fingerprint density at radius 1 is 1.19 bits per heavy atom. The number of benzene rings is 1. The molecule has 1 unspecified atom stereocenters. The zero-order valence-corrected chi connectivity index (χ0v) is 10.9. The molecule has 1 aromatic carbocycles. The lowest BCUT2D eigenvalue weighted by Crippen LogP contribution is -2.37. The third-order valence-electron chi connectivity index (χ3n) is 3.05. The van der Waals surface area contributed by atoms with Gasteiger partial charge in [-0.25, -0.2) is 0 Å². The number of nitrogens with two attached hydrogens (primary N) is 1. The Morgan fingerprint density at radius 2 is 1.88 bits per heavy atom. The summed E-state index contributed by atoms with van der Waals surface area (Å²) in [5.41, 5.74) is 6.99. The van der Waals surface area contributed by atoms with Crippen LogP contribution >= 0.6 is 0 Å². The van der Waals surface area contributed by atoms with Crippen LogP contribution in [-0.4, -0.2) is 6.04 Å². The van der Waals surface area contributed by atoms with E-state index in [0.29, 0.717) is 12.0 Å². The molecule has 2 nitrogen and oxygen atoms in total. The Bertz CT molecular complexity index is 332. The minimum absolute atomic E-state index is 0.377. The molecule has 1 atom stereocenters. The van der Waals surface area contributed by atoms with Gasteiger partial charge in [0.1, 0.15) is 0 Å². The van der Waals surface area contributed by atoms with Gasteiger partial charge in [0.15, 0.2) is 0 Å². The quantitative estimate of drug-likeness (QED) is 0.591. The molecule has 0 bridgehead atoms. The van der Waals surface area contributed by atoms with Crippen LogP contribution in [0.25, 0.3) is 0 Å². The van der Waals surface area contributed by atoms with Crippen molar-refractivity contribution in [2.75, 3.05) is 0 Å². The number of hydrazine groups is 1. The highest BCUT2D eigenvalue weighted by molar-refractivity contribution is 5.30. The minimum atomic E-state index is 0.377. The molecule has 0 fully saturated rings. The van der Waals surface area contributed by atoms with Crippen LogP contribution in [0.15, 0.2) is 18.2 Å². The monoisotopic (exact) mass is 220 g/mol. The zero-order valence-electron chi connectivity index (χ0n) is 10.9. The molecule has 0 aliphatic rings. The molecule has 0 aliphatic heterocycles. The molecule has 0 radical (unpaired) electrons. The SMILES string of the molecule is Cc1ccc(CC(CC(C)C)NN)cc1C. The van der Waals surface area contributed by atoms with Crippen molar-refractivity contribution in [3.63, 3.8) is 0 Å². The summed E-state index contributed by atoms with van der Waals surface area (Å²) in [7, 11) is 0. The molecular formula is C14H24N2. The second-order valence-electron chi connectivity index (χ2n) is 5.12. The summed E-state index contributed by atoms with van der Waals surface area (Å²) in [5.74, 6) is 6.26. The highest BCUT2D eigenvalue weighted by atomic mass is 15.2. The van der Waals surface area contributed by atoms with Gasteiger partial charge in [-0.2, -0.15) is 0 Å². The maximum Gasteiger partial charge on any atom is 0.0253 e. The molecule has 2 heteroatoms. The van der Waals surface area contributed by atoms with Crippen molar-refractivity contribution in [3.8, 4) is 0 Å². The van der Waals surface area contributed by atoms with E-state index in [2.05, 4.69) is 51.3 Å². The van der Waals surface area contributed by atoms with Crippen LogP contribution in [-0.2, 0) is 6.42 Å². The molecule has 0 amide bonds. The van der Waals surface area contributed by atoms with E-state index in [-0.39, 0.29) is 0 Å². The Labute approximate surface area is 99.2 Å². The van der Waals surface area contributed by atoms with Gasteiger partial charge in [-0.15, -0.1) is 0 Å². The Kier molecular flexibility index (Phi) is 4.97. The van der Waals surface area contributed by atoms with Crippen molar-refractivity contribution >= 4 is 0 Å². The Hall–Kier alpha value is -0.860. The van der Waals surface area contributed by atoms with Crippen molar-refractivity contribution in [3.05, 3.63) is 34.9 Å². The van der Waals surface area contributed by atoms with Crippen molar-refractivity contribution in [1.82, 2.24) is 5.43 Å². The number of nitrogens with one attached hydrogen (secondary N) is 1. The van der Waals surface area contributed by atoms with Crippen LogP contribution in [0.5, 0.6) is 0 Å². The predicted octanol–water partition coefficient (Wildman–Crippen LogP) is 2.72. The zero-order chi connectivity index (χ0) is 12.1. The second-order valence-corrected chi connectivity index (χ2v) is 5.12. The third kappa shape index (κ3) is 3.95. The highest BCUT2D eigenvalue weighted by Gasteiger charge is 2.10. The van der Waals surface area contributed by atoms with Crippen LogP contribution < -0.4 is 11.3 Å². The summed E-state index contributed by atoms with van der Waals surface area (Å²) in [4.78, 5) is 0. The smallest absolute Gasteiger partial charge is 0.0253 e. The van der Waals surface area contributed by atoms with Crippen LogP contribution in [0.2, 0.25) is 0 Å². The van der Waals surface area contributed by atoms with Crippen LogP contribution in [0, 0.1) is 19.8 Å². The first-order valence-electron chi connectivity index (χ1n) is 6.05. The summed E-state index contributed by atoms with van der Waals surface area (Å²) in [6.45, 7) is 8.76. The molecule has 0 heterocycles. The Morgan fingerprint density at radius 3 is 2.38 bits per heavy atom. The summed E-state index contributed by atoms with van der Waals surface area (Å²) in [5, 5.41) is 0. The lowest BCUT2D eigenvalue weighted by Gasteiger charge is -2.18. The molecule has 0 saturated carbocycles. The lowest BCUT2D eigenvalue weighted by molar-refractivity contribution is 0.423. The van der Waals surface area contributed by atoms with Gasteiger partial charge in [-0.1, -0.05) is 32.0 Å². The van der Waals surface area contributed by atoms with E-state index < -0.39 is 0 Å². The van der Waals surface area contributed by atoms with E-state index in [0.717, 1.165) is 12.8 Å². The van der Waals surface area contributed by atoms with E-state index in [9.17, 15) is 0 Å². The molecule has 16 heavy (non-hydrogen) atoms. The van der Waals surface area contributed by atoms with Gasteiger partial charge in [-0.05, 0) is 49.3 Å². The third-order valence-corrected chi connectivity index (χ3v) is 3.05. The Balaban J connectivity index is 2.66. The fourth-order valence-corrected chi connectivity index (χ4v) is 1.99. The normalized spacial score (nSPS) is 13.1. The summed E-state index contributed by atoms with van der Waals surface area (Å²) in [6, 6.07) is 7.03. The number of hydrogen-bond donors (Lipinski definition) is 2. The van der Waals surface area contributed by atoms with Gasteiger partial charge >= 0.3 is 0 Å². The van der Waals surface area contributed by atoms with Gasteiger partial charge in [0.2, 0.25) is 0 Å². The van der Waals surface area contributed by atoms with Crippen LogP contribution in [0.4, 0.5) is 0 Å². The van der Waals surface area contributed by atoms with Gasteiger partial charge < -0.3 is 0 Å². The minimum Gasteiger partial charge on any atom is -0.271 e. The summed E-state index contributed by atoms with van der Waals surface area (Å²) >= 11 is 0. The standard InChI is InChI=1S/C14H24N2/c1-10(2)7-14(16-15)9-13-6-5-11(3)12(4)8-13/h5-6,8,10,14,16H,7,9,15H2,1-4H3. The molecule has 90 valence electrons. The molecular weight excluding hydrogens is 196 g/mol. The summed E-state index contributed by atoms with van der Waals surface area (Å²) in [6.07, 6.45) is 2.12. The lowest BCUT2D eigenvalue weighted by atomic mass is 9.96. The first-order valence-corrected chi connectivity index (χ1v) is 6.05. The maximum atomic E-state index is 5.59. The first-order chi connectivity index (χ1) is 7.52. The van der Waals surface area contributed by atoms with Crippen molar-refractivity contribution in [1.29, 1.82) is 0 Å². The molecule has 0 spiro atoms. The summed E-state index contributed by atoms with van der Waals surface area (Å²) < 4.78 is 0. The molecule has 0 aromatic heterocycles. The highest BCUT2D eigenvalue weighted by Crippen LogP contribution is 2.14. The van der Waals surface area contributed by atoms with Gasteiger partial charge in [0.05, 0.1) is 0 Å². The van der Waals surface area contributed by atoms with Crippen molar-refractivity contribution in [2.24, 2.45) is 11.8 Å². The maximum absolute atomic E-state index is 5.59. The number of rotatable bonds is 5. The van der Waals surface area contributed by atoms with Crippen molar-refractivity contribution < 1.29 is 0 Å². The average molecular weight is 220 g/mol. The van der Waals surface area contributed by atoms with Gasteiger partial charge in [0, 0.05) is 6.04 Å². The van der Waals surface area contributed by atoms with Crippen molar-refractivity contribution in [2.45, 2.75) is 46.6 Å². The molecule has 0 saturated heterocycles. The molecule has 1 rings (SSSR count). The van der Waals surface area contributed by atoms with E-state index in [1.165, 1.54) is 16.7 Å². The number of aryl methyl sites for hydroxylation is 2. The molecule has 0 aliphatic carbocycles. The van der Waals surface area contributed by atoms with E-state index >= 15 is 0 Å². The molecule has 1 aromatic rings. The van der Waals surface area contributed by atoms with E-state index in [1.807, 2.05) is 0 Å². The first kappa shape index (κ1) is 13.2. The van der Waals surface area contributed by atoms with E-state index in [4.69, 9.17) is 5.84 Å². The van der Waals surface area contributed by atoms with Gasteiger partial charge in [-0.3, -0.25) is 11.3 Å².